The molecule has 1 aliphatic heterocycles. The highest BCUT2D eigenvalue weighted by Gasteiger charge is 2.28. The number of aryl methyl sites for hydroxylation is 1. The SMILES string of the molecule is Cc1nn(C(C)C(=O)N2CCN(Cc3ccccc3Br)CC2)c(C)c1Br. The number of hydrogen-bond acceptors (Lipinski definition) is 3. The third-order valence-corrected chi connectivity index (χ3v) is 6.92. The van der Waals surface area contributed by atoms with E-state index in [1.54, 1.807) is 0 Å². The van der Waals surface area contributed by atoms with Crippen LogP contribution in [0.4, 0.5) is 0 Å². The lowest BCUT2D eigenvalue weighted by molar-refractivity contribution is -0.136. The van der Waals surface area contributed by atoms with Crippen LogP contribution in [0.5, 0.6) is 0 Å². The largest absolute Gasteiger partial charge is 0.338 e. The minimum atomic E-state index is -0.283. The second-order valence-corrected chi connectivity index (χ2v) is 8.45. The van der Waals surface area contributed by atoms with Gasteiger partial charge in [0.1, 0.15) is 6.04 Å². The first kappa shape index (κ1) is 19.6. The molecule has 1 aliphatic rings. The van der Waals surface area contributed by atoms with Gasteiger partial charge >= 0.3 is 0 Å². The summed E-state index contributed by atoms with van der Waals surface area (Å²) >= 11 is 7.15. The van der Waals surface area contributed by atoms with Gasteiger partial charge < -0.3 is 4.90 Å². The maximum Gasteiger partial charge on any atom is 0.247 e. The quantitative estimate of drug-likeness (QED) is 0.661. The van der Waals surface area contributed by atoms with E-state index in [9.17, 15) is 4.79 Å². The lowest BCUT2D eigenvalue weighted by Gasteiger charge is -2.36. The Morgan fingerprint density at radius 2 is 1.81 bits per heavy atom. The van der Waals surface area contributed by atoms with Crippen LogP contribution in [0, 0.1) is 13.8 Å². The van der Waals surface area contributed by atoms with Gasteiger partial charge in [-0.05, 0) is 48.3 Å². The summed E-state index contributed by atoms with van der Waals surface area (Å²) in [6, 6.07) is 8.03. The molecule has 1 amide bonds. The number of hydrogen-bond donors (Lipinski definition) is 0. The highest BCUT2D eigenvalue weighted by Crippen LogP contribution is 2.24. The predicted octanol–water partition coefficient (Wildman–Crippen LogP) is 3.93. The Hall–Kier alpha value is -1.18. The molecule has 0 spiro atoms. The molecule has 1 saturated heterocycles. The molecule has 1 atom stereocenters. The molecule has 0 bridgehead atoms. The fourth-order valence-electron chi connectivity index (χ4n) is 3.38. The van der Waals surface area contributed by atoms with E-state index in [0.717, 1.165) is 53.1 Å². The summed E-state index contributed by atoms with van der Waals surface area (Å²) in [5.41, 5.74) is 3.20. The van der Waals surface area contributed by atoms with Crippen molar-refractivity contribution in [2.24, 2.45) is 0 Å². The minimum Gasteiger partial charge on any atom is -0.338 e. The molecule has 0 saturated carbocycles. The molecule has 1 aromatic carbocycles. The number of amides is 1. The molecule has 1 unspecified atom stereocenters. The fraction of sp³-hybridized carbons (Fsp3) is 0.474. The fourth-order valence-corrected chi connectivity index (χ4v) is 4.05. The summed E-state index contributed by atoms with van der Waals surface area (Å²) in [6.07, 6.45) is 0. The van der Waals surface area contributed by atoms with Gasteiger partial charge in [0.05, 0.1) is 15.9 Å². The van der Waals surface area contributed by atoms with Crippen molar-refractivity contribution in [3.63, 3.8) is 0 Å². The van der Waals surface area contributed by atoms with Crippen molar-refractivity contribution in [3.05, 3.63) is 50.2 Å². The van der Waals surface area contributed by atoms with E-state index in [2.05, 4.69) is 60.1 Å². The van der Waals surface area contributed by atoms with Crippen LogP contribution in [-0.4, -0.2) is 51.7 Å². The van der Waals surface area contributed by atoms with Crippen molar-refractivity contribution < 1.29 is 4.79 Å². The molecule has 140 valence electrons. The molecule has 0 aliphatic carbocycles. The van der Waals surface area contributed by atoms with Crippen LogP contribution in [-0.2, 0) is 11.3 Å². The van der Waals surface area contributed by atoms with E-state index in [4.69, 9.17) is 0 Å². The number of rotatable bonds is 4. The molecular weight excluding hydrogens is 460 g/mol. The van der Waals surface area contributed by atoms with Gasteiger partial charge in [0.25, 0.3) is 0 Å². The summed E-state index contributed by atoms with van der Waals surface area (Å²) in [6.45, 7) is 10.1. The molecule has 26 heavy (non-hydrogen) atoms. The number of nitrogens with zero attached hydrogens (tertiary/aromatic N) is 4. The van der Waals surface area contributed by atoms with Crippen LogP contribution in [0.3, 0.4) is 0 Å². The van der Waals surface area contributed by atoms with Gasteiger partial charge in [-0.2, -0.15) is 5.10 Å². The van der Waals surface area contributed by atoms with Crippen LogP contribution >= 0.6 is 31.9 Å². The van der Waals surface area contributed by atoms with Crippen LogP contribution < -0.4 is 0 Å². The number of benzene rings is 1. The first-order valence-corrected chi connectivity index (χ1v) is 10.4. The minimum absolute atomic E-state index is 0.142. The smallest absolute Gasteiger partial charge is 0.247 e. The summed E-state index contributed by atoms with van der Waals surface area (Å²) < 4.78 is 3.95. The Labute approximate surface area is 171 Å². The lowest BCUT2D eigenvalue weighted by atomic mass is 10.2. The third-order valence-electron chi connectivity index (χ3n) is 5.00. The first-order chi connectivity index (χ1) is 12.4. The molecule has 1 aromatic heterocycles. The standard InChI is InChI=1S/C19H24Br2N4O/c1-13-18(21)14(2)25(22-13)15(3)19(26)24-10-8-23(9-11-24)12-16-6-4-5-7-17(16)20/h4-7,15H,8-12H2,1-3H3. The van der Waals surface area contributed by atoms with Gasteiger partial charge in [-0.25, -0.2) is 0 Å². The van der Waals surface area contributed by atoms with Crippen LogP contribution in [0.25, 0.3) is 0 Å². The van der Waals surface area contributed by atoms with Crippen molar-refractivity contribution in [1.29, 1.82) is 0 Å². The number of halogens is 2. The average molecular weight is 484 g/mol. The highest BCUT2D eigenvalue weighted by atomic mass is 79.9. The number of carbonyl (C=O) groups excluding carboxylic acids is 1. The molecule has 0 radical (unpaired) electrons. The van der Waals surface area contributed by atoms with Crippen molar-refractivity contribution in [1.82, 2.24) is 19.6 Å². The lowest BCUT2D eigenvalue weighted by Crippen LogP contribution is -2.50. The first-order valence-electron chi connectivity index (χ1n) is 8.84. The van der Waals surface area contributed by atoms with E-state index in [1.807, 2.05) is 36.4 Å². The van der Waals surface area contributed by atoms with Crippen LogP contribution in [0.2, 0.25) is 0 Å². The Morgan fingerprint density at radius 3 is 2.38 bits per heavy atom. The molecular formula is C19H24Br2N4O. The molecule has 7 heteroatoms. The van der Waals surface area contributed by atoms with E-state index in [0.29, 0.717) is 0 Å². The van der Waals surface area contributed by atoms with E-state index in [1.165, 1.54) is 5.56 Å². The van der Waals surface area contributed by atoms with Gasteiger partial charge in [0.15, 0.2) is 0 Å². The molecule has 1 fully saturated rings. The number of piperazine rings is 1. The Balaban J connectivity index is 1.59. The topological polar surface area (TPSA) is 41.4 Å². The van der Waals surface area contributed by atoms with Gasteiger partial charge in [-0.1, -0.05) is 34.1 Å². The maximum atomic E-state index is 12.9. The number of carbonyl (C=O) groups is 1. The summed E-state index contributed by atoms with van der Waals surface area (Å²) in [5, 5.41) is 4.51. The van der Waals surface area contributed by atoms with Gasteiger partial charge in [-0.3, -0.25) is 14.4 Å². The van der Waals surface area contributed by atoms with E-state index in [-0.39, 0.29) is 11.9 Å². The number of aromatic nitrogens is 2. The van der Waals surface area contributed by atoms with Crippen molar-refractivity contribution in [2.45, 2.75) is 33.4 Å². The van der Waals surface area contributed by atoms with Crippen molar-refractivity contribution in [3.8, 4) is 0 Å². The summed E-state index contributed by atoms with van der Waals surface area (Å²) in [4.78, 5) is 17.3. The van der Waals surface area contributed by atoms with Crippen LogP contribution in [0.15, 0.2) is 33.2 Å². The van der Waals surface area contributed by atoms with E-state index < -0.39 is 0 Å². The highest BCUT2D eigenvalue weighted by molar-refractivity contribution is 9.10. The van der Waals surface area contributed by atoms with E-state index >= 15 is 0 Å². The van der Waals surface area contributed by atoms with Crippen LogP contribution in [0.1, 0.15) is 29.9 Å². The molecule has 2 aromatic rings. The summed E-state index contributed by atoms with van der Waals surface area (Å²) in [5.74, 6) is 0.142. The Morgan fingerprint density at radius 1 is 1.15 bits per heavy atom. The van der Waals surface area contributed by atoms with Crippen molar-refractivity contribution in [2.75, 3.05) is 26.2 Å². The molecule has 3 rings (SSSR count). The third kappa shape index (κ3) is 4.05. The predicted molar refractivity (Wildman–Crippen MR) is 110 cm³/mol. The zero-order valence-electron chi connectivity index (χ0n) is 15.4. The van der Waals surface area contributed by atoms with Gasteiger partial charge in [-0.15, -0.1) is 0 Å². The maximum absolute atomic E-state index is 12.9. The Kier molecular flexibility index (Phi) is 6.20. The van der Waals surface area contributed by atoms with Gasteiger partial charge in [0, 0.05) is 37.2 Å². The second-order valence-electron chi connectivity index (χ2n) is 6.80. The Bertz CT molecular complexity index is 797. The molecule has 5 nitrogen and oxygen atoms in total. The normalized spacial score (nSPS) is 16.7. The monoisotopic (exact) mass is 482 g/mol. The molecule has 0 N–H and O–H groups in total. The zero-order valence-corrected chi connectivity index (χ0v) is 18.5. The molecule has 2 heterocycles. The summed E-state index contributed by atoms with van der Waals surface area (Å²) in [7, 11) is 0. The zero-order chi connectivity index (χ0) is 18.8. The average Bonchev–Trinajstić information content (AvgIpc) is 2.90. The van der Waals surface area contributed by atoms with Crippen molar-refractivity contribution >= 4 is 37.8 Å². The van der Waals surface area contributed by atoms with Gasteiger partial charge in [0.2, 0.25) is 5.91 Å². The second kappa shape index (κ2) is 8.23.